The summed E-state index contributed by atoms with van der Waals surface area (Å²) in [6, 6.07) is 19.2. The lowest BCUT2D eigenvalue weighted by molar-refractivity contribution is 0.0502. The number of hydrogen-bond donors (Lipinski definition) is 1. The van der Waals surface area contributed by atoms with Crippen molar-refractivity contribution >= 4 is 17.0 Å². The van der Waals surface area contributed by atoms with Crippen molar-refractivity contribution in [1.82, 2.24) is 0 Å². The van der Waals surface area contributed by atoms with Crippen LogP contribution in [0.4, 0.5) is 0 Å². The van der Waals surface area contributed by atoms with Crippen LogP contribution in [-0.2, 0) is 6.42 Å². The second kappa shape index (κ2) is 7.90. The summed E-state index contributed by atoms with van der Waals surface area (Å²) < 4.78 is 5.48. The van der Waals surface area contributed by atoms with E-state index in [4.69, 9.17) is 9.73 Å². The van der Waals surface area contributed by atoms with Crippen molar-refractivity contribution in [2.45, 2.75) is 57.4 Å². The number of aliphatic imine (C=N–C) groups is 1. The number of methoxy groups -OCH3 is 1. The zero-order chi connectivity index (χ0) is 22.6. The van der Waals surface area contributed by atoms with Crippen LogP contribution < -0.4 is 4.74 Å². The third kappa shape index (κ3) is 3.36. The Kier molecular flexibility index (Phi) is 4.97. The van der Waals surface area contributed by atoms with E-state index in [2.05, 4.69) is 37.3 Å². The maximum atomic E-state index is 10.6. The molecule has 0 amide bonds. The normalized spacial score (nSPS) is 30.7. The topological polar surface area (TPSA) is 41.8 Å². The summed E-state index contributed by atoms with van der Waals surface area (Å²) in [5, 5.41) is 12.8. The van der Waals surface area contributed by atoms with E-state index in [0.717, 1.165) is 40.3 Å². The first-order chi connectivity index (χ1) is 16.1. The van der Waals surface area contributed by atoms with Crippen LogP contribution in [0.25, 0.3) is 10.8 Å². The lowest BCUT2D eigenvalue weighted by Crippen LogP contribution is -2.43. The predicted octanol–water partition coefficient (Wildman–Crippen LogP) is 6.90. The minimum absolute atomic E-state index is 0.258. The average Bonchev–Trinajstić information content (AvgIpc) is 3.18. The molecule has 0 spiro atoms. The van der Waals surface area contributed by atoms with Gasteiger partial charge in [0.1, 0.15) is 11.5 Å². The summed E-state index contributed by atoms with van der Waals surface area (Å²) in [5.41, 5.74) is 4.16. The molecule has 3 aliphatic carbocycles. The van der Waals surface area contributed by atoms with Crippen LogP contribution in [0.15, 0.2) is 59.6 Å². The maximum absolute atomic E-state index is 10.6. The first-order valence-corrected chi connectivity index (χ1v) is 12.5. The lowest BCUT2D eigenvalue weighted by atomic mass is 9.55. The highest BCUT2D eigenvalue weighted by atomic mass is 16.5. The molecule has 3 heteroatoms. The number of benzene rings is 3. The highest BCUT2D eigenvalue weighted by Gasteiger charge is 2.54. The predicted molar refractivity (Wildman–Crippen MR) is 135 cm³/mol. The maximum Gasteiger partial charge on any atom is 0.124 e. The van der Waals surface area contributed by atoms with E-state index >= 15 is 0 Å². The van der Waals surface area contributed by atoms with Crippen molar-refractivity contribution in [2.24, 2.45) is 22.2 Å². The van der Waals surface area contributed by atoms with Gasteiger partial charge in [0, 0.05) is 11.8 Å². The molecule has 6 rings (SSSR count). The summed E-state index contributed by atoms with van der Waals surface area (Å²) in [7, 11) is 1.76. The Morgan fingerprint density at radius 3 is 2.64 bits per heavy atom. The molecule has 0 saturated heterocycles. The van der Waals surface area contributed by atoms with Gasteiger partial charge in [0.25, 0.3) is 0 Å². The molecule has 3 unspecified atom stereocenters. The van der Waals surface area contributed by atoms with Crippen molar-refractivity contribution in [2.75, 3.05) is 7.11 Å². The molecule has 0 aliphatic heterocycles. The van der Waals surface area contributed by atoms with Crippen LogP contribution in [0.3, 0.4) is 0 Å². The minimum Gasteiger partial charge on any atom is -0.507 e. The first-order valence-electron chi connectivity index (χ1n) is 12.5. The second-order valence-electron chi connectivity index (χ2n) is 10.7. The van der Waals surface area contributed by atoms with Crippen LogP contribution in [0.1, 0.15) is 61.6 Å². The van der Waals surface area contributed by atoms with Crippen LogP contribution >= 0.6 is 0 Å². The molecule has 1 N–H and O–H groups in total. The molecule has 3 nitrogen and oxygen atoms in total. The first kappa shape index (κ1) is 20.8. The standard InChI is InChI=1S/C30H33NO2/c1-30-14-13-25-24-10-8-23(33-2)16-21(24)7-9-26(25)27(30)11-12-29(30)31-18-22-15-19-5-3-4-6-20(19)17-28(22)32/h3-6,8,10,15-18,25-27,29,32H,7,9,11-14H2,1-2H3/b31-18+/t25?,26?,27?,29-,30-/m0/s1. The number of phenols is 1. The third-order valence-electron chi connectivity index (χ3n) is 9.17. The number of ether oxygens (including phenoxy) is 1. The fraction of sp³-hybridized carbons (Fsp3) is 0.433. The van der Waals surface area contributed by atoms with Gasteiger partial charge in [-0.25, -0.2) is 0 Å². The van der Waals surface area contributed by atoms with Gasteiger partial charge in [-0.05, 0) is 108 Å². The number of nitrogens with zero attached hydrogens (tertiary/aromatic N) is 1. The molecule has 5 atom stereocenters. The van der Waals surface area contributed by atoms with Gasteiger partial charge in [0.2, 0.25) is 0 Å². The van der Waals surface area contributed by atoms with Crippen molar-refractivity contribution in [3.05, 3.63) is 71.3 Å². The zero-order valence-corrected chi connectivity index (χ0v) is 19.6. The number of rotatable bonds is 3. The summed E-state index contributed by atoms with van der Waals surface area (Å²) in [4.78, 5) is 5.12. The summed E-state index contributed by atoms with van der Waals surface area (Å²) in [6.45, 7) is 2.49. The van der Waals surface area contributed by atoms with E-state index in [1.54, 1.807) is 12.7 Å². The quantitative estimate of drug-likeness (QED) is 0.451. The van der Waals surface area contributed by atoms with Crippen LogP contribution in [0.2, 0.25) is 0 Å². The second-order valence-corrected chi connectivity index (χ2v) is 10.7. The van der Waals surface area contributed by atoms with Crippen LogP contribution in [0.5, 0.6) is 11.5 Å². The SMILES string of the molecule is COc1ccc2c(c1)CCC1C2CC[C@@]2(C)C1CC[C@@H]2/N=C/c1cc2ccccc2cc1O. The molecule has 2 saturated carbocycles. The highest BCUT2D eigenvalue weighted by Crippen LogP contribution is 2.61. The Morgan fingerprint density at radius 1 is 1.00 bits per heavy atom. The monoisotopic (exact) mass is 439 g/mol. The number of aromatic hydroxyl groups is 1. The molecule has 2 fully saturated rings. The van der Waals surface area contributed by atoms with Crippen molar-refractivity contribution < 1.29 is 9.84 Å². The largest absolute Gasteiger partial charge is 0.507 e. The highest BCUT2D eigenvalue weighted by molar-refractivity contribution is 5.93. The smallest absolute Gasteiger partial charge is 0.124 e. The van der Waals surface area contributed by atoms with E-state index in [9.17, 15) is 5.11 Å². The Labute approximate surface area is 196 Å². The van der Waals surface area contributed by atoms with Gasteiger partial charge in [-0.3, -0.25) is 4.99 Å². The average molecular weight is 440 g/mol. The summed E-state index contributed by atoms with van der Waals surface area (Å²) in [6.07, 6.45) is 9.31. The number of aryl methyl sites for hydroxylation is 1. The van der Waals surface area contributed by atoms with Gasteiger partial charge in [0.05, 0.1) is 13.2 Å². The number of hydrogen-bond acceptors (Lipinski definition) is 3. The molecule has 0 bridgehead atoms. The molecule has 0 radical (unpaired) electrons. The van der Waals surface area contributed by atoms with E-state index in [1.165, 1.54) is 37.7 Å². The number of phenolic OH excluding ortho intramolecular Hbond substituents is 1. The van der Waals surface area contributed by atoms with E-state index < -0.39 is 0 Å². The molecule has 3 aromatic rings. The third-order valence-corrected chi connectivity index (χ3v) is 9.17. The molecule has 3 aromatic carbocycles. The van der Waals surface area contributed by atoms with Crippen LogP contribution in [-0.4, -0.2) is 24.5 Å². The minimum atomic E-state index is 0.258. The molecule has 0 aromatic heterocycles. The van der Waals surface area contributed by atoms with Gasteiger partial charge < -0.3 is 9.84 Å². The van der Waals surface area contributed by atoms with Gasteiger partial charge in [-0.15, -0.1) is 0 Å². The Hall–Kier alpha value is -2.81. The van der Waals surface area contributed by atoms with E-state index in [-0.39, 0.29) is 5.41 Å². The van der Waals surface area contributed by atoms with E-state index in [1.807, 2.05) is 30.5 Å². The summed E-state index contributed by atoms with van der Waals surface area (Å²) >= 11 is 0. The van der Waals surface area contributed by atoms with Crippen molar-refractivity contribution in [3.63, 3.8) is 0 Å². The van der Waals surface area contributed by atoms with Crippen molar-refractivity contribution in [3.8, 4) is 11.5 Å². The Bertz CT molecular complexity index is 1230. The zero-order valence-electron chi connectivity index (χ0n) is 19.6. The van der Waals surface area contributed by atoms with Gasteiger partial charge in [-0.1, -0.05) is 37.3 Å². The Morgan fingerprint density at radius 2 is 1.82 bits per heavy atom. The molecule has 170 valence electrons. The molecule has 33 heavy (non-hydrogen) atoms. The molecule has 0 heterocycles. The molecule has 3 aliphatic rings. The Balaban J connectivity index is 1.25. The van der Waals surface area contributed by atoms with Gasteiger partial charge in [-0.2, -0.15) is 0 Å². The fourth-order valence-electron chi connectivity index (χ4n) is 7.42. The molecular weight excluding hydrogens is 406 g/mol. The lowest BCUT2D eigenvalue weighted by Gasteiger charge is -2.50. The molecular formula is C30H33NO2. The fourth-order valence-corrected chi connectivity index (χ4v) is 7.42. The van der Waals surface area contributed by atoms with E-state index in [0.29, 0.717) is 17.7 Å². The van der Waals surface area contributed by atoms with Crippen molar-refractivity contribution in [1.29, 1.82) is 0 Å². The van der Waals surface area contributed by atoms with Gasteiger partial charge in [0.15, 0.2) is 0 Å². The summed E-state index contributed by atoms with van der Waals surface area (Å²) in [5.74, 6) is 3.49. The van der Waals surface area contributed by atoms with Crippen LogP contribution in [0, 0.1) is 17.3 Å². The number of fused-ring (bicyclic) bond motifs is 6. The van der Waals surface area contributed by atoms with Gasteiger partial charge >= 0.3 is 0 Å².